The average molecular weight is 649 g/mol. The molecule has 0 unspecified atom stereocenters. The normalized spacial score (nSPS) is 13.0. The molecule has 0 amide bonds. The highest BCUT2D eigenvalue weighted by molar-refractivity contribution is 7.86. The molecular weight excluding hydrogens is 628 g/mol. The summed E-state index contributed by atoms with van der Waals surface area (Å²) >= 11 is 0. The van der Waals surface area contributed by atoms with Gasteiger partial charge in [-0.25, -0.2) is 0 Å². The molecule has 5 rings (SSSR count). The van der Waals surface area contributed by atoms with E-state index in [2.05, 4.69) is 31.3 Å². The number of phenolic OH excluding ortho intramolecular Hbond substituents is 1. The summed E-state index contributed by atoms with van der Waals surface area (Å²) in [7, 11) is -8.89. The van der Waals surface area contributed by atoms with Crippen molar-refractivity contribution in [2.75, 3.05) is 10.9 Å². The molecule has 228 valence electrons. The fraction of sp³-hybridized carbons (Fsp3) is 0. The van der Waals surface area contributed by atoms with E-state index in [1.807, 2.05) is 0 Å². The van der Waals surface area contributed by atoms with Crippen LogP contribution >= 0.6 is 0 Å². The summed E-state index contributed by atoms with van der Waals surface area (Å²) in [5.41, 5.74) is 5.33. The van der Waals surface area contributed by atoms with Crippen LogP contribution in [0.25, 0.3) is 10.8 Å². The summed E-state index contributed by atoms with van der Waals surface area (Å²) < 4.78 is 63.6. The van der Waals surface area contributed by atoms with E-state index < -0.39 is 41.3 Å². The van der Waals surface area contributed by atoms with Crippen molar-refractivity contribution in [2.45, 2.75) is 9.79 Å². The number of hydrogen-bond donors (Lipinski definition) is 5. The predicted molar refractivity (Wildman–Crippen MR) is 162 cm³/mol. The summed E-state index contributed by atoms with van der Waals surface area (Å²) in [6.45, 7) is 0. The molecule has 17 heteroatoms. The molecule has 5 aromatic rings. The van der Waals surface area contributed by atoms with Gasteiger partial charge in [-0.1, -0.05) is 0 Å². The second-order valence-corrected chi connectivity index (χ2v) is 12.1. The minimum atomic E-state index is -4.58. The molecular formula is C28H20N6O9S2. The van der Waals surface area contributed by atoms with E-state index in [0.717, 1.165) is 18.2 Å². The molecule has 0 saturated carbocycles. The Hall–Kier alpha value is -5.62. The molecule has 0 spiro atoms. The molecule has 15 nitrogen and oxygen atoms in total. The van der Waals surface area contributed by atoms with Gasteiger partial charge in [0.25, 0.3) is 20.2 Å². The number of nitrogens with one attached hydrogen (secondary N) is 2. The summed E-state index contributed by atoms with van der Waals surface area (Å²) in [6, 6.07) is 20.3. The molecule has 0 aliphatic carbocycles. The Bertz CT molecular complexity index is 2420. The van der Waals surface area contributed by atoms with Crippen LogP contribution in [0.4, 0.5) is 22.7 Å². The van der Waals surface area contributed by atoms with Gasteiger partial charge in [0, 0.05) is 11.5 Å². The lowest BCUT2D eigenvalue weighted by atomic mass is 10.1. The SMILES string of the molecule is O=c1cc/c(=N/Nc2ccc(N=Nc3ccc(S(=O)(=O)O)cc3)cc2)c(=O)/c1=N/Nc1ccc2c(O)cc(S(=O)(=O)O)cc2c1. The highest BCUT2D eigenvalue weighted by Crippen LogP contribution is 2.30. The number of anilines is 2. The van der Waals surface area contributed by atoms with Crippen molar-refractivity contribution in [3.63, 3.8) is 0 Å². The molecule has 5 aromatic carbocycles. The maximum absolute atomic E-state index is 12.9. The van der Waals surface area contributed by atoms with Gasteiger partial charge in [0.15, 0.2) is 5.36 Å². The summed E-state index contributed by atoms with van der Waals surface area (Å²) in [6.07, 6.45) is 0. The lowest BCUT2D eigenvalue weighted by Crippen LogP contribution is -2.47. The fourth-order valence-electron chi connectivity index (χ4n) is 3.93. The number of hydrogen-bond acceptors (Lipinski definition) is 13. The number of phenols is 1. The number of nitrogens with zero attached hydrogens (tertiary/aromatic N) is 4. The molecule has 45 heavy (non-hydrogen) atoms. The molecule has 0 aliphatic heterocycles. The van der Waals surface area contributed by atoms with Crippen LogP contribution in [0.2, 0.25) is 0 Å². The second kappa shape index (κ2) is 12.2. The summed E-state index contributed by atoms with van der Waals surface area (Å²) in [4.78, 5) is 24.5. The number of azo groups is 1. The lowest BCUT2D eigenvalue weighted by molar-refractivity contribution is 0.471. The first-order valence-corrected chi connectivity index (χ1v) is 15.4. The third-order valence-electron chi connectivity index (χ3n) is 6.16. The first-order chi connectivity index (χ1) is 21.3. The number of aromatic hydroxyl groups is 1. The van der Waals surface area contributed by atoms with Crippen molar-refractivity contribution >= 4 is 53.8 Å². The Balaban J connectivity index is 1.33. The smallest absolute Gasteiger partial charge is 0.294 e. The van der Waals surface area contributed by atoms with Gasteiger partial charge in [-0.05, 0) is 90.3 Å². The van der Waals surface area contributed by atoms with E-state index in [-0.39, 0.29) is 32.5 Å². The maximum atomic E-state index is 12.9. The standard InChI is InChI=1S/C28H20N6O9S2/c35-25-12-11-24(33-31-18-3-1-17(2-4-18)29-30-19-5-8-21(9-6-19)44(38,39)40)28(37)27(25)34-32-20-7-10-23-16(13-20)14-22(15-26(23)36)45(41,42)43/h1-15,31-32,36H,(H,38,39,40)(H,41,42,43)/b30-29?,33-24-,34-27+. The van der Waals surface area contributed by atoms with Gasteiger partial charge in [-0.3, -0.25) is 29.5 Å². The fourth-order valence-corrected chi connectivity index (χ4v) is 4.94. The highest BCUT2D eigenvalue weighted by atomic mass is 32.2. The van der Waals surface area contributed by atoms with Crippen LogP contribution in [-0.4, -0.2) is 31.0 Å². The molecule has 0 saturated heterocycles. The van der Waals surface area contributed by atoms with E-state index in [4.69, 9.17) is 4.55 Å². The molecule has 5 N–H and O–H groups in total. The van der Waals surface area contributed by atoms with Crippen molar-refractivity contribution in [2.24, 2.45) is 20.4 Å². The van der Waals surface area contributed by atoms with Crippen LogP contribution < -0.4 is 32.4 Å². The third-order valence-corrected chi connectivity index (χ3v) is 7.86. The Morgan fingerprint density at radius 2 is 1.18 bits per heavy atom. The lowest BCUT2D eigenvalue weighted by Gasteiger charge is -2.06. The van der Waals surface area contributed by atoms with Crippen LogP contribution in [0.5, 0.6) is 5.75 Å². The van der Waals surface area contributed by atoms with E-state index in [9.17, 15) is 36.1 Å². The quantitative estimate of drug-likeness (QED) is 0.0931. The number of rotatable bonds is 8. The monoisotopic (exact) mass is 648 g/mol. The number of fused-ring (bicyclic) bond motifs is 1. The molecule has 0 aliphatic rings. The molecule has 0 atom stereocenters. The van der Waals surface area contributed by atoms with Crippen molar-refractivity contribution in [1.82, 2.24) is 0 Å². The van der Waals surface area contributed by atoms with Crippen LogP contribution in [0.3, 0.4) is 0 Å². The molecule has 0 aromatic heterocycles. The second-order valence-electron chi connectivity index (χ2n) is 9.28. The summed E-state index contributed by atoms with van der Waals surface area (Å²) in [5.74, 6) is -0.375. The van der Waals surface area contributed by atoms with Crippen molar-refractivity contribution < 1.29 is 31.0 Å². The summed E-state index contributed by atoms with van der Waals surface area (Å²) in [5, 5.41) is 26.1. The van der Waals surface area contributed by atoms with Gasteiger partial charge in [0.05, 0.1) is 32.5 Å². The van der Waals surface area contributed by atoms with E-state index in [1.54, 1.807) is 24.3 Å². The Kier molecular flexibility index (Phi) is 8.34. The Labute approximate surface area is 253 Å². The average Bonchev–Trinajstić information content (AvgIpc) is 2.99. The molecule has 0 radical (unpaired) electrons. The maximum Gasteiger partial charge on any atom is 0.294 e. The van der Waals surface area contributed by atoms with Crippen LogP contribution in [0.1, 0.15) is 0 Å². The van der Waals surface area contributed by atoms with E-state index in [1.165, 1.54) is 48.5 Å². The largest absolute Gasteiger partial charge is 0.507 e. The van der Waals surface area contributed by atoms with Gasteiger partial charge in [0.1, 0.15) is 11.1 Å². The zero-order valence-electron chi connectivity index (χ0n) is 22.6. The van der Waals surface area contributed by atoms with Gasteiger partial charge < -0.3 is 5.11 Å². The van der Waals surface area contributed by atoms with Gasteiger partial charge in [-0.15, -0.1) is 0 Å². The van der Waals surface area contributed by atoms with Gasteiger partial charge in [-0.2, -0.15) is 37.3 Å². The van der Waals surface area contributed by atoms with Crippen molar-refractivity contribution in [3.8, 4) is 5.75 Å². The van der Waals surface area contributed by atoms with Crippen molar-refractivity contribution in [3.05, 3.63) is 122 Å². The van der Waals surface area contributed by atoms with Crippen LogP contribution in [0.15, 0.2) is 131 Å². The van der Waals surface area contributed by atoms with Crippen LogP contribution in [0, 0.1) is 0 Å². The zero-order valence-corrected chi connectivity index (χ0v) is 24.2. The molecule has 0 fully saturated rings. The van der Waals surface area contributed by atoms with Crippen LogP contribution in [-0.2, 0) is 20.2 Å². The first-order valence-electron chi connectivity index (χ1n) is 12.6. The third kappa shape index (κ3) is 7.31. The van der Waals surface area contributed by atoms with Gasteiger partial charge in [0.2, 0.25) is 10.9 Å². The topological polar surface area (TPSA) is 237 Å². The van der Waals surface area contributed by atoms with Gasteiger partial charge >= 0.3 is 0 Å². The highest BCUT2D eigenvalue weighted by Gasteiger charge is 2.14. The molecule has 0 bridgehead atoms. The zero-order chi connectivity index (χ0) is 32.4. The number of benzene rings is 5. The minimum Gasteiger partial charge on any atom is -0.507 e. The van der Waals surface area contributed by atoms with Crippen molar-refractivity contribution in [1.29, 1.82) is 0 Å². The Morgan fingerprint density at radius 3 is 1.80 bits per heavy atom. The van der Waals surface area contributed by atoms with E-state index in [0.29, 0.717) is 17.1 Å². The first kappa shape index (κ1) is 30.8. The minimum absolute atomic E-state index is 0.117. The predicted octanol–water partition coefficient (Wildman–Crippen LogP) is 2.91. The Morgan fingerprint density at radius 1 is 0.600 bits per heavy atom. The van der Waals surface area contributed by atoms with E-state index >= 15 is 0 Å². The molecule has 0 heterocycles.